The van der Waals surface area contributed by atoms with Gasteiger partial charge in [-0.25, -0.2) is 4.68 Å². The van der Waals surface area contributed by atoms with E-state index in [9.17, 15) is 0 Å². The van der Waals surface area contributed by atoms with E-state index in [-0.39, 0.29) is 0 Å². The van der Waals surface area contributed by atoms with Crippen LogP contribution in [0.2, 0.25) is 5.02 Å². The maximum absolute atomic E-state index is 5.86. The summed E-state index contributed by atoms with van der Waals surface area (Å²) in [6, 6.07) is 9.86. The molecule has 2 heterocycles. The molecule has 0 saturated carbocycles. The van der Waals surface area contributed by atoms with Crippen molar-refractivity contribution in [1.29, 1.82) is 0 Å². The Morgan fingerprint density at radius 2 is 2.06 bits per heavy atom. The average Bonchev–Trinajstić information content (AvgIpc) is 2.73. The lowest BCUT2D eigenvalue weighted by atomic mass is 10.1. The highest BCUT2D eigenvalue weighted by atomic mass is 35.5. The Hall–Kier alpha value is -1.48. The van der Waals surface area contributed by atoms with Gasteiger partial charge in [-0.1, -0.05) is 23.7 Å². The van der Waals surface area contributed by atoms with Gasteiger partial charge in [0.05, 0.1) is 5.69 Å². The van der Waals surface area contributed by atoms with E-state index in [1.807, 2.05) is 28.9 Å². The minimum atomic E-state index is 0.755. The molecular weight excluding hydrogens is 222 g/mol. The summed E-state index contributed by atoms with van der Waals surface area (Å²) in [6.45, 7) is 2.03. The van der Waals surface area contributed by atoms with Gasteiger partial charge in [0, 0.05) is 29.7 Å². The lowest BCUT2D eigenvalue weighted by Crippen LogP contribution is -2.17. The monoisotopic (exact) mass is 233 g/mol. The third-order valence-electron chi connectivity index (χ3n) is 2.77. The van der Waals surface area contributed by atoms with Crippen molar-refractivity contribution in [2.45, 2.75) is 13.0 Å². The van der Waals surface area contributed by atoms with Crippen LogP contribution in [-0.4, -0.2) is 16.3 Å². The molecular formula is C12H12ClN3. The number of aromatic nitrogens is 2. The summed E-state index contributed by atoms with van der Waals surface area (Å²) in [7, 11) is 0. The van der Waals surface area contributed by atoms with E-state index in [2.05, 4.69) is 16.5 Å². The number of rotatable bonds is 1. The van der Waals surface area contributed by atoms with Gasteiger partial charge in [0.2, 0.25) is 0 Å². The molecule has 0 saturated heterocycles. The molecule has 0 aliphatic carbocycles. The molecule has 0 unspecified atom stereocenters. The Balaban J connectivity index is 2.00. The van der Waals surface area contributed by atoms with Gasteiger partial charge in [0.25, 0.3) is 0 Å². The van der Waals surface area contributed by atoms with Crippen molar-refractivity contribution in [2.75, 3.05) is 11.9 Å². The molecule has 0 radical (unpaired) electrons. The topological polar surface area (TPSA) is 29.9 Å². The number of fused-ring (bicyclic) bond motifs is 1. The summed E-state index contributed by atoms with van der Waals surface area (Å²) in [6.07, 6.45) is 1.13. The third-order valence-corrected chi connectivity index (χ3v) is 3.02. The van der Waals surface area contributed by atoms with Crippen LogP contribution < -0.4 is 5.32 Å². The molecule has 4 heteroatoms. The first-order valence-corrected chi connectivity index (χ1v) is 5.78. The number of hydrogen-bond acceptors (Lipinski definition) is 2. The minimum absolute atomic E-state index is 0.755. The fourth-order valence-electron chi connectivity index (χ4n) is 1.94. The third kappa shape index (κ3) is 1.67. The second kappa shape index (κ2) is 3.83. The molecule has 16 heavy (non-hydrogen) atoms. The van der Waals surface area contributed by atoms with Crippen LogP contribution in [0.4, 0.5) is 5.82 Å². The molecule has 1 aromatic carbocycles. The SMILES string of the molecule is Clc1ccc(-c2cc3n(n2)CCCN3)cc1. The highest BCUT2D eigenvalue weighted by Crippen LogP contribution is 2.24. The van der Waals surface area contributed by atoms with Gasteiger partial charge < -0.3 is 5.32 Å². The number of aryl methyl sites for hydroxylation is 1. The standard InChI is InChI=1S/C12H12ClN3/c13-10-4-2-9(3-5-10)11-8-12-14-6-1-7-16(12)15-11/h2-5,8,14H,1,6-7H2. The van der Waals surface area contributed by atoms with Gasteiger partial charge in [0.15, 0.2) is 0 Å². The predicted molar refractivity (Wildman–Crippen MR) is 65.8 cm³/mol. The number of nitrogens with zero attached hydrogens (tertiary/aromatic N) is 2. The fourth-order valence-corrected chi connectivity index (χ4v) is 2.06. The summed E-state index contributed by atoms with van der Waals surface area (Å²) >= 11 is 5.86. The normalized spacial score (nSPS) is 14.3. The predicted octanol–water partition coefficient (Wildman–Crippen LogP) is 3.02. The van der Waals surface area contributed by atoms with E-state index in [4.69, 9.17) is 11.6 Å². The van der Waals surface area contributed by atoms with Gasteiger partial charge in [-0.3, -0.25) is 0 Å². The first-order chi connectivity index (χ1) is 7.83. The lowest BCUT2D eigenvalue weighted by Gasteiger charge is -2.14. The molecule has 3 rings (SSSR count). The largest absolute Gasteiger partial charge is 0.370 e. The van der Waals surface area contributed by atoms with Crippen molar-refractivity contribution in [3.63, 3.8) is 0 Å². The van der Waals surface area contributed by atoms with Gasteiger partial charge in [-0.05, 0) is 18.6 Å². The zero-order valence-electron chi connectivity index (χ0n) is 8.78. The number of anilines is 1. The molecule has 3 nitrogen and oxygen atoms in total. The van der Waals surface area contributed by atoms with Crippen LogP contribution in [-0.2, 0) is 6.54 Å². The van der Waals surface area contributed by atoms with Crippen molar-refractivity contribution in [3.05, 3.63) is 35.4 Å². The second-order valence-corrected chi connectivity index (χ2v) is 4.36. The molecule has 0 bridgehead atoms. The highest BCUT2D eigenvalue weighted by Gasteiger charge is 2.12. The Morgan fingerprint density at radius 1 is 1.25 bits per heavy atom. The van der Waals surface area contributed by atoms with Gasteiger partial charge in [-0.2, -0.15) is 5.10 Å². The van der Waals surface area contributed by atoms with Crippen molar-refractivity contribution >= 4 is 17.4 Å². The first kappa shape index (κ1) is 9.73. The van der Waals surface area contributed by atoms with Crippen LogP contribution in [0.1, 0.15) is 6.42 Å². The quantitative estimate of drug-likeness (QED) is 0.821. The maximum Gasteiger partial charge on any atom is 0.124 e. The molecule has 1 aliphatic rings. The van der Waals surface area contributed by atoms with E-state index < -0.39 is 0 Å². The van der Waals surface area contributed by atoms with E-state index in [1.54, 1.807) is 0 Å². The first-order valence-electron chi connectivity index (χ1n) is 5.40. The number of halogens is 1. The molecule has 0 amide bonds. The van der Waals surface area contributed by atoms with Gasteiger partial charge >= 0.3 is 0 Å². The highest BCUT2D eigenvalue weighted by molar-refractivity contribution is 6.30. The molecule has 2 aromatic rings. The van der Waals surface area contributed by atoms with Crippen molar-refractivity contribution < 1.29 is 0 Å². The number of nitrogens with one attached hydrogen (secondary N) is 1. The smallest absolute Gasteiger partial charge is 0.124 e. The molecule has 0 fully saturated rings. The van der Waals surface area contributed by atoms with Crippen LogP contribution in [0, 0.1) is 0 Å². The summed E-state index contributed by atoms with van der Waals surface area (Å²) in [5, 5.41) is 8.66. The number of hydrogen-bond donors (Lipinski definition) is 1. The average molecular weight is 234 g/mol. The van der Waals surface area contributed by atoms with Crippen molar-refractivity contribution in [1.82, 2.24) is 9.78 Å². The van der Waals surface area contributed by atoms with Crippen molar-refractivity contribution in [3.8, 4) is 11.3 Å². The Morgan fingerprint density at radius 3 is 2.81 bits per heavy atom. The summed E-state index contributed by atoms with van der Waals surface area (Å²) in [5.74, 6) is 1.11. The summed E-state index contributed by atoms with van der Waals surface area (Å²) in [5.41, 5.74) is 2.11. The molecule has 0 atom stereocenters. The number of benzene rings is 1. The van der Waals surface area contributed by atoms with E-state index in [0.717, 1.165) is 41.6 Å². The Bertz CT molecular complexity index is 478. The van der Waals surface area contributed by atoms with Crippen LogP contribution in [0.15, 0.2) is 30.3 Å². The molecule has 82 valence electrons. The molecule has 1 N–H and O–H groups in total. The Labute approximate surface area is 99.0 Å². The van der Waals surface area contributed by atoms with Crippen LogP contribution in [0.3, 0.4) is 0 Å². The van der Waals surface area contributed by atoms with E-state index in [1.165, 1.54) is 0 Å². The minimum Gasteiger partial charge on any atom is -0.370 e. The maximum atomic E-state index is 5.86. The molecule has 1 aromatic heterocycles. The lowest BCUT2D eigenvalue weighted by molar-refractivity contribution is 0.569. The van der Waals surface area contributed by atoms with Crippen molar-refractivity contribution in [2.24, 2.45) is 0 Å². The van der Waals surface area contributed by atoms with E-state index in [0.29, 0.717) is 0 Å². The van der Waals surface area contributed by atoms with Gasteiger partial charge in [0.1, 0.15) is 5.82 Å². The summed E-state index contributed by atoms with van der Waals surface area (Å²) in [4.78, 5) is 0. The fraction of sp³-hybridized carbons (Fsp3) is 0.250. The summed E-state index contributed by atoms with van der Waals surface area (Å²) < 4.78 is 2.02. The Kier molecular flexibility index (Phi) is 2.33. The van der Waals surface area contributed by atoms with Crippen LogP contribution in [0.25, 0.3) is 11.3 Å². The molecule has 0 spiro atoms. The van der Waals surface area contributed by atoms with Crippen LogP contribution >= 0.6 is 11.6 Å². The second-order valence-electron chi connectivity index (χ2n) is 3.93. The van der Waals surface area contributed by atoms with Gasteiger partial charge in [-0.15, -0.1) is 0 Å². The van der Waals surface area contributed by atoms with E-state index >= 15 is 0 Å². The molecule has 1 aliphatic heterocycles. The van der Waals surface area contributed by atoms with Crippen LogP contribution in [0.5, 0.6) is 0 Å². The zero-order valence-corrected chi connectivity index (χ0v) is 9.54. The zero-order chi connectivity index (χ0) is 11.0.